The Bertz CT molecular complexity index is 594. The molecular formula is C17H20N2O2. The third-order valence-electron chi connectivity index (χ3n) is 3.09. The van der Waals surface area contributed by atoms with E-state index in [9.17, 15) is 4.79 Å². The summed E-state index contributed by atoms with van der Waals surface area (Å²) in [7, 11) is 1.64. The Morgan fingerprint density at radius 1 is 1.10 bits per heavy atom. The second-order valence-corrected chi connectivity index (χ2v) is 4.65. The molecule has 4 heteroatoms. The summed E-state index contributed by atoms with van der Waals surface area (Å²) in [4.78, 5) is 12.3. The third kappa shape index (κ3) is 4.07. The van der Waals surface area contributed by atoms with Crippen LogP contribution in [0.3, 0.4) is 0 Å². The Labute approximate surface area is 125 Å². The molecule has 0 heterocycles. The van der Waals surface area contributed by atoms with Gasteiger partial charge in [-0.3, -0.25) is 4.79 Å². The minimum Gasteiger partial charge on any atom is -0.385 e. The molecule has 21 heavy (non-hydrogen) atoms. The number of rotatable bonds is 6. The molecule has 0 aromatic heterocycles. The summed E-state index contributed by atoms with van der Waals surface area (Å²) in [6.45, 7) is 3.36. The SMILES string of the molecule is CCNc1ccc(C(=O)Nc2ccccc2COC)cc1. The van der Waals surface area contributed by atoms with Crippen LogP contribution in [0.5, 0.6) is 0 Å². The maximum Gasteiger partial charge on any atom is 0.255 e. The first-order valence-corrected chi connectivity index (χ1v) is 6.96. The van der Waals surface area contributed by atoms with Crippen LogP contribution in [0.15, 0.2) is 48.5 Å². The van der Waals surface area contributed by atoms with Crippen molar-refractivity contribution in [3.63, 3.8) is 0 Å². The number of anilines is 2. The molecule has 0 radical (unpaired) electrons. The highest BCUT2D eigenvalue weighted by molar-refractivity contribution is 6.04. The summed E-state index contributed by atoms with van der Waals surface area (Å²) in [5.41, 5.74) is 3.37. The molecule has 0 aliphatic carbocycles. The number of hydrogen-bond acceptors (Lipinski definition) is 3. The van der Waals surface area contributed by atoms with Gasteiger partial charge >= 0.3 is 0 Å². The number of ether oxygens (including phenoxy) is 1. The van der Waals surface area contributed by atoms with E-state index in [4.69, 9.17) is 4.74 Å². The van der Waals surface area contributed by atoms with Crippen LogP contribution in [0.25, 0.3) is 0 Å². The van der Waals surface area contributed by atoms with Gasteiger partial charge in [0.25, 0.3) is 5.91 Å². The molecule has 0 unspecified atom stereocenters. The van der Waals surface area contributed by atoms with Crippen molar-refractivity contribution in [3.05, 3.63) is 59.7 Å². The van der Waals surface area contributed by atoms with E-state index in [1.807, 2.05) is 55.5 Å². The number of benzene rings is 2. The quantitative estimate of drug-likeness (QED) is 0.853. The molecule has 0 aliphatic heterocycles. The standard InChI is InChI=1S/C17H20N2O2/c1-3-18-15-10-8-13(9-11-15)17(20)19-16-7-5-4-6-14(16)12-21-2/h4-11,18H,3,12H2,1-2H3,(H,19,20). The van der Waals surface area contributed by atoms with Gasteiger partial charge in [-0.2, -0.15) is 0 Å². The van der Waals surface area contributed by atoms with Crippen molar-refractivity contribution < 1.29 is 9.53 Å². The van der Waals surface area contributed by atoms with Crippen LogP contribution < -0.4 is 10.6 Å². The summed E-state index contributed by atoms with van der Waals surface area (Å²) in [5, 5.41) is 6.12. The lowest BCUT2D eigenvalue weighted by molar-refractivity contribution is 0.102. The topological polar surface area (TPSA) is 50.4 Å². The molecule has 1 amide bonds. The molecule has 0 saturated heterocycles. The molecule has 110 valence electrons. The number of amides is 1. The smallest absolute Gasteiger partial charge is 0.255 e. The van der Waals surface area contributed by atoms with Crippen molar-refractivity contribution in [1.82, 2.24) is 0 Å². The highest BCUT2D eigenvalue weighted by atomic mass is 16.5. The summed E-state index contributed by atoms with van der Waals surface area (Å²) >= 11 is 0. The minimum absolute atomic E-state index is 0.124. The molecule has 0 saturated carbocycles. The maximum atomic E-state index is 12.3. The number of hydrogen-bond donors (Lipinski definition) is 2. The molecule has 2 rings (SSSR count). The van der Waals surface area contributed by atoms with Gasteiger partial charge in [0.15, 0.2) is 0 Å². The first-order valence-electron chi connectivity index (χ1n) is 6.96. The Hall–Kier alpha value is -2.33. The highest BCUT2D eigenvalue weighted by Gasteiger charge is 2.08. The largest absolute Gasteiger partial charge is 0.385 e. The lowest BCUT2D eigenvalue weighted by Gasteiger charge is -2.11. The molecule has 0 aliphatic rings. The summed E-state index contributed by atoms with van der Waals surface area (Å²) in [5.74, 6) is -0.124. The van der Waals surface area contributed by atoms with Gasteiger partial charge in [-0.1, -0.05) is 18.2 Å². The monoisotopic (exact) mass is 284 g/mol. The zero-order valence-electron chi connectivity index (χ0n) is 12.3. The lowest BCUT2D eigenvalue weighted by Crippen LogP contribution is -2.13. The summed E-state index contributed by atoms with van der Waals surface area (Å²) < 4.78 is 5.14. The van der Waals surface area contributed by atoms with Crippen LogP contribution in [-0.2, 0) is 11.3 Å². The first-order chi connectivity index (χ1) is 10.2. The van der Waals surface area contributed by atoms with Gasteiger partial charge < -0.3 is 15.4 Å². The van der Waals surface area contributed by atoms with Crippen LogP contribution in [0.1, 0.15) is 22.8 Å². The maximum absolute atomic E-state index is 12.3. The van der Waals surface area contributed by atoms with Crippen molar-refractivity contribution >= 4 is 17.3 Å². The second kappa shape index (κ2) is 7.45. The van der Waals surface area contributed by atoms with Crippen LogP contribution >= 0.6 is 0 Å². The van der Waals surface area contributed by atoms with E-state index in [1.165, 1.54) is 0 Å². The molecule has 0 fully saturated rings. The Kier molecular flexibility index (Phi) is 5.35. The first kappa shape index (κ1) is 15.1. The molecule has 0 bridgehead atoms. The number of nitrogens with one attached hydrogen (secondary N) is 2. The number of carbonyl (C=O) groups excluding carboxylic acids is 1. The number of para-hydroxylation sites is 1. The van der Waals surface area contributed by atoms with Crippen molar-refractivity contribution in [2.45, 2.75) is 13.5 Å². The predicted molar refractivity (Wildman–Crippen MR) is 85.7 cm³/mol. The molecular weight excluding hydrogens is 264 g/mol. The van der Waals surface area contributed by atoms with Crippen LogP contribution in [0.2, 0.25) is 0 Å². The average Bonchev–Trinajstić information content (AvgIpc) is 2.50. The van der Waals surface area contributed by atoms with E-state index in [1.54, 1.807) is 7.11 Å². The molecule has 2 aromatic carbocycles. The molecule has 2 aromatic rings. The fourth-order valence-electron chi connectivity index (χ4n) is 2.06. The van der Waals surface area contributed by atoms with Gasteiger partial charge in [0.05, 0.1) is 6.61 Å². The second-order valence-electron chi connectivity index (χ2n) is 4.65. The fraction of sp³-hybridized carbons (Fsp3) is 0.235. The zero-order valence-corrected chi connectivity index (χ0v) is 12.3. The van der Waals surface area contributed by atoms with E-state index in [2.05, 4.69) is 10.6 Å². The van der Waals surface area contributed by atoms with Gasteiger partial charge in [0.1, 0.15) is 0 Å². The number of carbonyl (C=O) groups is 1. The minimum atomic E-state index is -0.124. The molecule has 0 spiro atoms. The number of methoxy groups -OCH3 is 1. The van der Waals surface area contributed by atoms with E-state index in [0.29, 0.717) is 12.2 Å². The van der Waals surface area contributed by atoms with Crippen molar-refractivity contribution in [2.24, 2.45) is 0 Å². The fourth-order valence-corrected chi connectivity index (χ4v) is 2.06. The molecule has 4 nitrogen and oxygen atoms in total. The Morgan fingerprint density at radius 3 is 2.48 bits per heavy atom. The van der Waals surface area contributed by atoms with Crippen molar-refractivity contribution in [2.75, 3.05) is 24.3 Å². The zero-order chi connectivity index (χ0) is 15.1. The molecule has 2 N–H and O–H groups in total. The predicted octanol–water partition coefficient (Wildman–Crippen LogP) is 3.52. The van der Waals surface area contributed by atoms with Gasteiger partial charge in [-0.05, 0) is 37.3 Å². The van der Waals surface area contributed by atoms with Gasteiger partial charge in [-0.15, -0.1) is 0 Å². The van der Waals surface area contributed by atoms with Crippen LogP contribution in [0.4, 0.5) is 11.4 Å². The highest BCUT2D eigenvalue weighted by Crippen LogP contribution is 2.17. The average molecular weight is 284 g/mol. The van der Waals surface area contributed by atoms with Gasteiger partial charge in [-0.25, -0.2) is 0 Å². The normalized spacial score (nSPS) is 10.2. The van der Waals surface area contributed by atoms with Gasteiger partial charge in [0.2, 0.25) is 0 Å². The molecule has 0 atom stereocenters. The Balaban J connectivity index is 2.10. The van der Waals surface area contributed by atoms with E-state index in [0.717, 1.165) is 23.5 Å². The summed E-state index contributed by atoms with van der Waals surface area (Å²) in [6.07, 6.45) is 0. The van der Waals surface area contributed by atoms with E-state index in [-0.39, 0.29) is 5.91 Å². The van der Waals surface area contributed by atoms with Crippen LogP contribution in [-0.4, -0.2) is 19.6 Å². The third-order valence-corrected chi connectivity index (χ3v) is 3.09. The van der Waals surface area contributed by atoms with Gasteiger partial charge in [0, 0.05) is 36.2 Å². The van der Waals surface area contributed by atoms with Crippen molar-refractivity contribution in [3.8, 4) is 0 Å². The summed E-state index contributed by atoms with van der Waals surface area (Å²) in [6, 6.07) is 15.1. The van der Waals surface area contributed by atoms with E-state index >= 15 is 0 Å². The Morgan fingerprint density at radius 2 is 1.81 bits per heavy atom. The van der Waals surface area contributed by atoms with Crippen LogP contribution in [0, 0.1) is 0 Å². The lowest BCUT2D eigenvalue weighted by atomic mass is 10.1. The van der Waals surface area contributed by atoms with Crippen molar-refractivity contribution in [1.29, 1.82) is 0 Å². The van der Waals surface area contributed by atoms with E-state index < -0.39 is 0 Å².